The highest BCUT2D eigenvalue weighted by Gasteiger charge is 2.21. The molecular weight excluding hydrogens is 240 g/mol. The topological polar surface area (TPSA) is 62.2 Å². The van der Waals surface area contributed by atoms with Crippen molar-refractivity contribution in [2.75, 3.05) is 11.9 Å². The highest BCUT2D eigenvalue weighted by atomic mass is 16.4. The molecule has 102 valence electrons. The molecule has 0 atom stereocenters. The number of carbonyl (C=O) groups is 1. The van der Waals surface area contributed by atoms with Gasteiger partial charge in [-0.2, -0.15) is 0 Å². The van der Waals surface area contributed by atoms with Gasteiger partial charge in [-0.15, -0.1) is 0 Å². The molecule has 19 heavy (non-hydrogen) atoms. The lowest BCUT2D eigenvalue weighted by Gasteiger charge is -2.26. The first-order valence-corrected chi connectivity index (χ1v) is 7.24. The standard InChI is InChI=1S/C15H20N2O2/c18-15(19)12-8-11-6-1-2-7-13(11)17-14(12)16-9-10-4-3-5-10/h8,10H,1-7,9H2,(H,16,17)(H,18,19). The summed E-state index contributed by atoms with van der Waals surface area (Å²) in [5.41, 5.74) is 2.55. The number of hydrogen-bond acceptors (Lipinski definition) is 3. The van der Waals surface area contributed by atoms with Crippen LogP contribution in [0.1, 0.15) is 53.7 Å². The zero-order valence-corrected chi connectivity index (χ0v) is 11.1. The van der Waals surface area contributed by atoms with Crippen LogP contribution in [-0.2, 0) is 12.8 Å². The summed E-state index contributed by atoms with van der Waals surface area (Å²) >= 11 is 0. The Kier molecular flexibility index (Phi) is 3.40. The zero-order chi connectivity index (χ0) is 13.2. The van der Waals surface area contributed by atoms with E-state index in [0.717, 1.165) is 43.5 Å². The number of nitrogens with zero attached hydrogens (tertiary/aromatic N) is 1. The third kappa shape index (κ3) is 2.57. The van der Waals surface area contributed by atoms with Crippen molar-refractivity contribution in [1.29, 1.82) is 0 Å². The van der Waals surface area contributed by atoms with Crippen molar-refractivity contribution in [1.82, 2.24) is 4.98 Å². The number of anilines is 1. The van der Waals surface area contributed by atoms with E-state index in [9.17, 15) is 9.90 Å². The van der Waals surface area contributed by atoms with Crippen molar-refractivity contribution in [3.05, 3.63) is 22.9 Å². The van der Waals surface area contributed by atoms with E-state index in [4.69, 9.17) is 0 Å². The Bertz CT molecular complexity index is 495. The predicted octanol–water partition coefficient (Wildman–Crippen LogP) is 2.87. The average molecular weight is 260 g/mol. The summed E-state index contributed by atoms with van der Waals surface area (Å²) in [6.45, 7) is 0.853. The smallest absolute Gasteiger partial charge is 0.339 e. The van der Waals surface area contributed by atoms with Gasteiger partial charge in [0.1, 0.15) is 11.4 Å². The fourth-order valence-corrected chi connectivity index (χ4v) is 2.87. The van der Waals surface area contributed by atoms with E-state index in [1.54, 1.807) is 0 Å². The molecule has 3 rings (SSSR count). The molecule has 2 aliphatic carbocycles. The van der Waals surface area contributed by atoms with Crippen LogP contribution in [0.2, 0.25) is 0 Å². The Morgan fingerprint density at radius 2 is 2.11 bits per heavy atom. The maximum absolute atomic E-state index is 11.4. The number of hydrogen-bond donors (Lipinski definition) is 2. The van der Waals surface area contributed by atoms with E-state index >= 15 is 0 Å². The van der Waals surface area contributed by atoms with E-state index in [1.807, 2.05) is 6.07 Å². The summed E-state index contributed by atoms with van der Waals surface area (Å²) in [5.74, 6) is 0.386. The highest BCUT2D eigenvalue weighted by Crippen LogP contribution is 2.28. The highest BCUT2D eigenvalue weighted by molar-refractivity contribution is 5.93. The van der Waals surface area contributed by atoms with Crippen molar-refractivity contribution >= 4 is 11.8 Å². The van der Waals surface area contributed by atoms with Gasteiger partial charge in [0.2, 0.25) is 0 Å². The van der Waals surface area contributed by atoms with Crippen LogP contribution in [0.5, 0.6) is 0 Å². The summed E-state index contributed by atoms with van der Waals surface area (Å²) in [5, 5.41) is 12.6. The summed E-state index contributed by atoms with van der Waals surface area (Å²) in [7, 11) is 0. The summed E-state index contributed by atoms with van der Waals surface area (Å²) in [6.07, 6.45) is 8.05. The minimum atomic E-state index is -0.878. The molecule has 2 aliphatic rings. The fourth-order valence-electron chi connectivity index (χ4n) is 2.87. The molecule has 0 spiro atoms. The van der Waals surface area contributed by atoms with Gasteiger partial charge < -0.3 is 10.4 Å². The van der Waals surface area contributed by atoms with Gasteiger partial charge in [-0.3, -0.25) is 0 Å². The van der Waals surface area contributed by atoms with Crippen molar-refractivity contribution in [3.8, 4) is 0 Å². The minimum absolute atomic E-state index is 0.333. The SMILES string of the molecule is O=C(O)c1cc2c(nc1NCC1CCC1)CCCC2. The van der Waals surface area contributed by atoms with Crippen LogP contribution in [0.4, 0.5) is 5.82 Å². The number of aryl methyl sites for hydroxylation is 2. The largest absolute Gasteiger partial charge is 0.478 e. The van der Waals surface area contributed by atoms with Crippen molar-refractivity contribution in [2.24, 2.45) is 5.92 Å². The molecule has 0 unspecified atom stereocenters. The van der Waals surface area contributed by atoms with Gasteiger partial charge in [0, 0.05) is 12.2 Å². The molecule has 1 aromatic rings. The average Bonchev–Trinajstić information content (AvgIpc) is 2.36. The molecule has 1 heterocycles. The Morgan fingerprint density at radius 1 is 1.32 bits per heavy atom. The van der Waals surface area contributed by atoms with E-state index in [0.29, 0.717) is 17.3 Å². The van der Waals surface area contributed by atoms with Crippen LogP contribution in [0.3, 0.4) is 0 Å². The number of rotatable bonds is 4. The Labute approximate surface area is 113 Å². The normalized spacial score (nSPS) is 18.5. The number of fused-ring (bicyclic) bond motifs is 1. The third-order valence-electron chi connectivity index (χ3n) is 4.31. The van der Waals surface area contributed by atoms with Gasteiger partial charge in [0.25, 0.3) is 0 Å². The Hall–Kier alpha value is -1.58. The molecule has 0 aromatic carbocycles. The molecule has 0 amide bonds. The first-order chi connectivity index (χ1) is 9.24. The number of aromatic nitrogens is 1. The molecule has 0 bridgehead atoms. The fraction of sp³-hybridized carbons (Fsp3) is 0.600. The lowest BCUT2D eigenvalue weighted by atomic mass is 9.85. The second-order valence-corrected chi connectivity index (χ2v) is 5.68. The Balaban J connectivity index is 1.84. The maximum atomic E-state index is 11.4. The molecule has 1 aromatic heterocycles. The number of nitrogens with one attached hydrogen (secondary N) is 1. The second kappa shape index (κ2) is 5.19. The quantitative estimate of drug-likeness (QED) is 0.873. The predicted molar refractivity (Wildman–Crippen MR) is 73.7 cm³/mol. The van der Waals surface area contributed by atoms with E-state index in [2.05, 4.69) is 10.3 Å². The number of carboxylic acids is 1. The van der Waals surface area contributed by atoms with Crippen molar-refractivity contribution < 1.29 is 9.90 Å². The zero-order valence-electron chi connectivity index (χ0n) is 11.1. The number of pyridine rings is 1. The van der Waals surface area contributed by atoms with Crippen LogP contribution in [0, 0.1) is 5.92 Å². The van der Waals surface area contributed by atoms with Crippen molar-refractivity contribution in [3.63, 3.8) is 0 Å². The number of carboxylic acid groups (broad SMARTS) is 1. The van der Waals surface area contributed by atoms with Crippen molar-refractivity contribution in [2.45, 2.75) is 44.9 Å². The van der Waals surface area contributed by atoms with Crippen LogP contribution >= 0.6 is 0 Å². The second-order valence-electron chi connectivity index (χ2n) is 5.68. The molecule has 1 fully saturated rings. The molecule has 0 saturated heterocycles. The molecule has 4 heteroatoms. The van der Waals surface area contributed by atoms with Gasteiger partial charge in [0.05, 0.1) is 0 Å². The van der Waals surface area contributed by atoms with Gasteiger partial charge in [-0.1, -0.05) is 6.42 Å². The van der Waals surface area contributed by atoms with E-state index < -0.39 is 5.97 Å². The summed E-state index contributed by atoms with van der Waals surface area (Å²) in [6, 6.07) is 1.83. The Morgan fingerprint density at radius 3 is 2.79 bits per heavy atom. The van der Waals surface area contributed by atoms with Gasteiger partial charge in [-0.25, -0.2) is 9.78 Å². The first-order valence-electron chi connectivity index (χ1n) is 7.24. The maximum Gasteiger partial charge on any atom is 0.339 e. The van der Waals surface area contributed by atoms with Gasteiger partial charge in [-0.05, 0) is 56.1 Å². The van der Waals surface area contributed by atoms with Crippen LogP contribution in [-0.4, -0.2) is 22.6 Å². The van der Waals surface area contributed by atoms with E-state index in [1.165, 1.54) is 19.3 Å². The molecule has 0 radical (unpaired) electrons. The minimum Gasteiger partial charge on any atom is -0.478 e. The lowest BCUT2D eigenvalue weighted by molar-refractivity contribution is 0.0697. The van der Waals surface area contributed by atoms with Crippen LogP contribution < -0.4 is 5.32 Å². The van der Waals surface area contributed by atoms with Crippen LogP contribution in [0.15, 0.2) is 6.07 Å². The first kappa shape index (κ1) is 12.5. The van der Waals surface area contributed by atoms with Gasteiger partial charge >= 0.3 is 5.97 Å². The summed E-state index contributed by atoms with van der Waals surface area (Å²) in [4.78, 5) is 15.9. The molecule has 0 aliphatic heterocycles. The lowest BCUT2D eigenvalue weighted by Crippen LogP contribution is -2.23. The van der Waals surface area contributed by atoms with E-state index in [-0.39, 0.29) is 0 Å². The summed E-state index contributed by atoms with van der Waals surface area (Å²) < 4.78 is 0. The molecule has 4 nitrogen and oxygen atoms in total. The monoisotopic (exact) mass is 260 g/mol. The molecule has 2 N–H and O–H groups in total. The molecule has 1 saturated carbocycles. The molecular formula is C15H20N2O2. The van der Waals surface area contributed by atoms with Crippen LogP contribution in [0.25, 0.3) is 0 Å². The third-order valence-corrected chi connectivity index (χ3v) is 4.31. The number of aromatic carboxylic acids is 1. The van der Waals surface area contributed by atoms with Gasteiger partial charge in [0.15, 0.2) is 0 Å².